The van der Waals surface area contributed by atoms with Crippen molar-refractivity contribution in [1.82, 2.24) is 15.6 Å². The van der Waals surface area contributed by atoms with Gasteiger partial charge in [0.05, 0.1) is 15.7 Å². The Labute approximate surface area is 146 Å². The molecule has 1 aromatic carbocycles. The molecule has 1 aliphatic rings. The maximum atomic E-state index is 12.3. The lowest BCUT2D eigenvalue weighted by Crippen LogP contribution is -2.42. The predicted octanol–water partition coefficient (Wildman–Crippen LogP) is 3.26. The number of halogens is 2. The van der Waals surface area contributed by atoms with E-state index in [2.05, 4.69) is 22.5 Å². The fourth-order valence-corrected chi connectivity index (χ4v) is 3.32. The number of amides is 1. The summed E-state index contributed by atoms with van der Waals surface area (Å²) < 4.78 is 1.06. The van der Waals surface area contributed by atoms with Crippen molar-refractivity contribution in [2.75, 3.05) is 19.6 Å². The number of carbonyl (C=O) groups is 1. The standard InChI is InChI=1S/C15H19N3OS.2ClH/c1-15(4-6-16-7-5-15)9-17-14(19)11-2-3-12-13(8-11)20-10-18-12;;/h2-3,8,10,16H,4-7,9H2,1H3,(H,17,19);2*1H. The third-order valence-electron chi connectivity index (χ3n) is 4.08. The topological polar surface area (TPSA) is 54.0 Å². The fraction of sp³-hybridized carbons (Fsp3) is 0.467. The van der Waals surface area contributed by atoms with Crippen molar-refractivity contribution in [3.05, 3.63) is 29.3 Å². The van der Waals surface area contributed by atoms with Crippen LogP contribution in [0.3, 0.4) is 0 Å². The largest absolute Gasteiger partial charge is 0.351 e. The number of fused-ring (bicyclic) bond motifs is 1. The van der Waals surface area contributed by atoms with Crippen molar-refractivity contribution in [3.8, 4) is 0 Å². The van der Waals surface area contributed by atoms with Crippen LogP contribution in [-0.4, -0.2) is 30.5 Å². The molecular weight excluding hydrogens is 341 g/mol. The number of hydrogen-bond donors (Lipinski definition) is 2. The number of thiazole rings is 1. The zero-order valence-electron chi connectivity index (χ0n) is 12.4. The summed E-state index contributed by atoms with van der Waals surface area (Å²) in [5.41, 5.74) is 3.70. The second-order valence-electron chi connectivity index (χ2n) is 5.78. The summed E-state index contributed by atoms with van der Waals surface area (Å²) in [5.74, 6) is 0.0139. The maximum absolute atomic E-state index is 12.3. The summed E-state index contributed by atoms with van der Waals surface area (Å²) in [7, 11) is 0. The van der Waals surface area contributed by atoms with Crippen LogP contribution in [0, 0.1) is 5.41 Å². The highest BCUT2D eigenvalue weighted by atomic mass is 35.5. The van der Waals surface area contributed by atoms with Crippen LogP contribution in [0.1, 0.15) is 30.1 Å². The fourth-order valence-electron chi connectivity index (χ4n) is 2.60. The third-order valence-corrected chi connectivity index (χ3v) is 4.87. The molecule has 3 rings (SSSR count). The SMILES string of the molecule is CC1(CNC(=O)c2ccc3ncsc3c2)CCNCC1.Cl.Cl. The number of hydrogen-bond acceptors (Lipinski definition) is 4. The lowest BCUT2D eigenvalue weighted by molar-refractivity contribution is 0.0922. The van der Waals surface area contributed by atoms with E-state index < -0.39 is 0 Å². The first kappa shape index (κ1) is 19.2. The highest BCUT2D eigenvalue weighted by molar-refractivity contribution is 7.16. The van der Waals surface area contributed by atoms with Crippen LogP contribution in [0.2, 0.25) is 0 Å². The van der Waals surface area contributed by atoms with E-state index >= 15 is 0 Å². The quantitative estimate of drug-likeness (QED) is 0.881. The molecule has 0 saturated carbocycles. The van der Waals surface area contributed by atoms with Gasteiger partial charge in [-0.3, -0.25) is 4.79 Å². The van der Waals surface area contributed by atoms with E-state index in [4.69, 9.17) is 0 Å². The molecule has 0 atom stereocenters. The number of benzene rings is 1. The van der Waals surface area contributed by atoms with Gasteiger partial charge < -0.3 is 10.6 Å². The minimum atomic E-state index is 0. The van der Waals surface area contributed by atoms with E-state index in [0.29, 0.717) is 0 Å². The Kier molecular flexibility index (Phi) is 7.06. The second-order valence-corrected chi connectivity index (χ2v) is 6.66. The van der Waals surface area contributed by atoms with Gasteiger partial charge in [0.15, 0.2) is 0 Å². The van der Waals surface area contributed by atoms with Crippen LogP contribution < -0.4 is 10.6 Å². The number of nitrogens with zero attached hydrogens (tertiary/aromatic N) is 1. The van der Waals surface area contributed by atoms with Gasteiger partial charge in [-0.2, -0.15) is 0 Å². The molecule has 0 spiro atoms. The first-order chi connectivity index (χ1) is 9.66. The smallest absolute Gasteiger partial charge is 0.251 e. The summed E-state index contributed by atoms with van der Waals surface area (Å²) in [5, 5.41) is 6.44. The van der Waals surface area contributed by atoms with E-state index in [1.54, 1.807) is 11.3 Å². The highest BCUT2D eigenvalue weighted by Crippen LogP contribution is 2.27. The van der Waals surface area contributed by atoms with Crippen molar-refractivity contribution in [2.45, 2.75) is 19.8 Å². The highest BCUT2D eigenvalue weighted by Gasteiger charge is 2.27. The Morgan fingerprint density at radius 1 is 1.36 bits per heavy atom. The summed E-state index contributed by atoms with van der Waals surface area (Å²) in [6.45, 7) is 5.08. The number of nitrogens with one attached hydrogen (secondary N) is 2. The van der Waals surface area contributed by atoms with Crippen molar-refractivity contribution >= 4 is 52.3 Å². The average Bonchev–Trinajstić information content (AvgIpc) is 2.93. The molecule has 0 unspecified atom stereocenters. The Balaban J connectivity index is 0.00000121. The molecule has 4 nitrogen and oxygen atoms in total. The van der Waals surface area contributed by atoms with Crippen molar-refractivity contribution in [2.24, 2.45) is 5.41 Å². The van der Waals surface area contributed by atoms with Crippen molar-refractivity contribution in [1.29, 1.82) is 0 Å². The third kappa shape index (κ3) is 4.32. The van der Waals surface area contributed by atoms with E-state index in [1.807, 2.05) is 23.7 Å². The molecule has 1 amide bonds. The summed E-state index contributed by atoms with van der Waals surface area (Å²) in [6, 6.07) is 5.68. The number of aromatic nitrogens is 1. The van der Waals surface area contributed by atoms with E-state index in [-0.39, 0.29) is 36.1 Å². The molecule has 2 heterocycles. The van der Waals surface area contributed by atoms with Gasteiger partial charge in [0.2, 0.25) is 0 Å². The summed E-state index contributed by atoms with van der Waals surface area (Å²) in [6.07, 6.45) is 2.22. The Hall–Kier alpha value is -0.880. The first-order valence-electron chi connectivity index (χ1n) is 6.99. The molecule has 1 aliphatic heterocycles. The van der Waals surface area contributed by atoms with Gasteiger partial charge in [-0.1, -0.05) is 6.92 Å². The predicted molar refractivity (Wildman–Crippen MR) is 96.7 cm³/mol. The minimum absolute atomic E-state index is 0. The van der Waals surface area contributed by atoms with E-state index in [9.17, 15) is 4.79 Å². The van der Waals surface area contributed by atoms with Gasteiger partial charge in [-0.15, -0.1) is 36.2 Å². The molecule has 122 valence electrons. The first-order valence-corrected chi connectivity index (χ1v) is 7.86. The van der Waals surface area contributed by atoms with Gasteiger partial charge in [0.25, 0.3) is 5.91 Å². The zero-order chi connectivity index (χ0) is 14.0. The van der Waals surface area contributed by atoms with Crippen LogP contribution in [0.5, 0.6) is 0 Å². The minimum Gasteiger partial charge on any atom is -0.351 e. The molecule has 1 saturated heterocycles. The second kappa shape index (κ2) is 8.11. The Bertz CT molecular complexity index is 626. The molecule has 1 aromatic heterocycles. The monoisotopic (exact) mass is 361 g/mol. The Morgan fingerprint density at radius 3 is 2.82 bits per heavy atom. The summed E-state index contributed by atoms with van der Waals surface area (Å²) in [4.78, 5) is 16.5. The molecule has 2 aromatic rings. The maximum Gasteiger partial charge on any atom is 0.251 e. The molecule has 0 bridgehead atoms. The van der Waals surface area contributed by atoms with Gasteiger partial charge in [-0.25, -0.2) is 4.98 Å². The van der Waals surface area contributed by atoms with Crippen molar-refractivity contribution in [3.63, 3.8) is 0 Å². The number of rotatable bonds is 3. The molecule has 0 radical (unpaired) electrons. The zero-order valence-corrected chi connectivity index (χ0v) is 14.9. The molecule has 2 N–H and O–H groups in total. The molecule has 1 fully saturated rings. The van der Waals surface area contributed by atoms with Gasteiger partial charge in [-0.05, 0) is 49.5 Å². The lowest BCUT2D eigenvalue weighted by atomic mass is 9.81. The number of carbonyl (C=O) groups excluding carboxylic acids is 1. The average molecular weight is 362 g/mol. The van der Waals surface area contributed by atoms with E-state index in [0.717, 1.165) is 48.3 Å². The van der Waals surface area contributed by atoms with Crippen LogP contribution in [0.4, 0.5) is 0 Å². The van der Waals surface area contributed by atoms with Gasteiger partial charge >= 0.3 is 0 Å². The van der Waals surface area contributed by atoms with Gasteiger partial charge in [0.1, 0.15) is 0 Å². The molecular formula is C15H21Cl2N3OS. The Morgan fingerprint density at radius 2 is 2.09 bits per heavy atom. The van der Waals surface area contributed by atoms with Crippen LogP contribution in [-0.2, 0) is 0 Å². The molecule has 22 heavy (non-hydrogen) atoms. The number of piperidine rings is 1. The van der Waals surface area contributed by atoms with E-state index in [1.165, 1.54) is 0 Å². The lowest BCUT2D eigenvalue weighted by Gasteiger charge is -2.34. The van der Waals surface area contributed by atoms with Crippen LogP contribution in [0.15, 0.2) is 23.7 Å². The molecule has 0 aliphatic carbocycles. The van der Waals surface area contributed by atoms with Crippen molar-refractivity contribution < 1.29 is 4.79 Å². The van der Waals surface area contributed by atoms with Gasteiger partial charge in [0, 0.05) is 12.1 Å². The molecule has 7 heteroatoms. The normalized spacial score (nSPS) is 16.4. The summed E-state index contributed by atoms with van der Waals surface area (Å²) >= 11 is 1.56. The van der Waals surface area contributed by atoms with Crippen LogP contribution in [0.25, 0.3) is 10.2 Å². The van der Waals surface area contributed by atoms with Crippen LogP contribution >= 0.6 is 36.2 Å².